The second-order valence-electron chi connectivity index (χ2n) is 6.09. The maximum Gasteiger partial charge on any atom is 0.391 e. The standard InChI is InChI=1S/C14H25F3N2/c1-11(19-8-2-3-9-19)10-18-13-6-4-12(5-7-13)14(15,16)17/h11-13,18H,2-10H2,1H3. The molecule has 0 aromatic heterocycles. The molecule has 0 spiro atoms. The molecule has 1 saturated heterocycles. The van der Waals surface area contributed by atoms with Gasteiger partial charge in [0.2, 0.25) is 0 Å². The summed E-state index contributed by atoms with van der Waals surface area (Å²) in [6.07, 6.45) is 0.474. The van der Waals surface area contributed by atoms with Crippen LogP contribution in [0, 0.1) is 5.92 Å². The Morgan fingerprint density at radius 2 is 1.68 bits per heavy atom. The molecule has 5 heteroatoms. The van der Waals surface area contributed by atoms with Gasteiger partial charge in [0.25, 0.3) is 0 Å². The molecule has 0 aromatic rings. The average Bonchev–Trinajstić information content (AvgIpc) is 2.89. The van der Waals surface area contributed by atoms with Gasteiger partial charge in [0.1, 0.15) is 0 Å². The van der Waals surface area contributed by atoms with Crippen LogP contribution in [0.3, 0.4) is 0 Å². The van der Waals surface area contributed by atoms with Gasteiger partial charge in [0.15, 0.2) is 0 Å². The van der Waals surface area contributed by atoms with Crippen molar-refractivity contribution in [1.82, 2.24) is 10.2 Å². The molecule has 2 aliphatic rings. The topological polar surface area (TPSA) is 15.3 Å². The van der Waals surface area contributed by atoms with Crippen molar-refractivity contribution in [2.75, 3.05) is 19.6 Å². The number of alkyl halides is 3. The molecule has 2 rings (SSSR count). The van der Waals surface area contributed by atoms with E-state index in [1.807, 2.05) is 0 Å². The summed E-state index contributed by atoms with van der Waals surface area (Å²) >= 11 is 0. The van der Waals surface area contributed by atoms with E-state index in [0.717, 1.165) is 6.54 Å². The van der Waals surface area contributed by atoms with Gasteiger partial charge in [-0.3, -0.25) is 4.90 Å². The van der Waals surface area contributed by atoms with E-state index in [9.17, 15) is 13.2 Å². The number of hydrogen-bond acceptors (Lipinski definition) is 2. The predicted octanol–water partition coefficient (Wildman–Crippen LogP) is 3.18. The first kappa shape index (κ1) is 15.1. The van der Waals surface area contributed by atoms with Gasteiger partial charge in [0.05, 0.1) is 5.92 Å². The third kappa shape index (κ3) is 4.35. The highest BCUT2D eigenvalue weighted by Crippen LogP contribution is 2.37. The number of rotatable bonds is 4. The first-order valence-electron chi connectivity index (χ1n) is 7.51. The number of nitrogens with zero attached hydrogens (tertiary/aromatic N) is 1. The van der Waals surface area contributed by atoms with Crippen molar-refractivity contribution in [3.63, 3.8) is 0 Å². The zero-order chi connectivity index (χ0) is 13.9. The molecule has 112 valence electrons. The fourth-order valence-electron chi connectivity index (χ4n) is 3.27. The largest absolute Gasteiger partial charge is 0.391 e. The molecule has 1 heterocycles. The van der Waals surface area contributed by atoms with Crippen LogP contribution in [0.2, 0.25) is 0 Å². The predicted molar refractivity (Wildman–Crippen MR) is 70.1 cm³/mol. The number of likely N-dealkylation sites (tertiary alicyclic amines) is 1. The summed E-state index contributed by atoms with van der Waals surface area (Å²) < 4.78 is 37.7. The van der Waals surface area contributed by atoms with Crippen molar-refractivity contribution in [3.05, 3.63) is 0 Å². The molecular formula is C14H25F3N2. The maximum atomic E-state index is 12.6. The lowest BCUT2D eigenvalue weighted by Crippen LogP contribution is -2.44. The minimum absolute atomic E-state index is 0.281. The first-order valence-corrected chi connectivity index (χ1v) is 7.51. The third-order valence-electron chi connectivity index (χ3n) is 4.66. The van der Waals surface area contributed by atoms with Crippen molar-refractivity contribution in [2.45, 2.75) is 63.7 Å². The van der Waals surface area contributed by atoms with Crippen molar-refractivity contribution in [2.24, 2.45) is 5.92 Å². The first-order chi connectivity index (χ1) is 8.97. The third-order valence-corrected chi connectivity index (χ3v) is 4.66. The molecule has 1 saturated carbocycles. The van der Waals surface area contributed by atoms with E-state index in [-0.39, 0.29) is 6.04 Å². The van der Waals surface area contributed by atoms with Crippen LogP contribution in [0.5, 0.6) is 0 Å². The van der Waals surface area contributed by atoms with Crippen LogP contribution < -0.4 is 5.32 Å². The van der Waals surface area contributed by atoms with E-state index in [4.69, 9.17) is 0 Å². The molecule has 1 N–H and O–H groups in total. The van der Waals surface area contributed by atoms with Crippen LogP contribution in [-0.4, -0.2) is 42.8 Å². The zero-order valence-electron chi connectivity index (χ0n) is 11.7. The molecule has 0 amide bonds. The van der Waals surface area contributed by atoms with Crippen LogP contribution in [-0.2, 0) is 0 Å². The van der Waals surface area contributed by atoms with E-state index in [2.05, 4.69) is 17.1 Å². The number of nitrogens with one attached hydrogen (secondary N) is 1. The summed E-state index contributed by atoms with van der Waals surface area (Å²) in [5, 5.41) is 3.46. The number of halogens is 3. The van der Waals surface area contributed by atoms with Gasteiger partial charge in [-0.15, -0.1) is 0 Å². The molecule has 1 aliphatic heterocycles. The molecule has 0 bridgehead atoms. The van der Waals surface area contributed by atoms with Gasteiger partial charge in [0, 0.05) is 18.6 Å². The molecule has 1 aliphatic carbocycles. The summed E-state index contributed by atoms with van der Waals surface area (Å²) in [7, 11) is 0. The van der Waals surface area contributed by atoms with Crippen LogP contribution in [0.15, 0.2) is 0 Å². The van der Waals surface area contributed by atoms with Gasteiger partial charge >= 0.3 is 6.18 Å². The summed E-state index contributed by atoms with van der Waals surface area (Å²) in [6, 6.07) is 0.784. The van der Waals surface area contributed by atoms with E-state index in [1.54, 1.807) is 0 Å². The smallest absolute Gasteiger partial charge is 0.312 e. The van der Waals surface area contributed by atoms with Crippen molar-refractivity contribution in [3.8, 4) is 0 Å². The molecule has 0 radical (unpaired) electrons. The lowest BCUT2D eigenvalue weighted by atomic mass is 9.85. The van der Waals surface area contributed by atoms with Crippen molar-refractivity contribution in [1.29, 1.82) is 0 Å². The summed E-state index contributed by atoms with van der Waals surface area (Å²) in [5.74, 6) is -1.07. The van der Waals surface area contributed by atoms with Crippen molar-refractivity contribution < 1.29 is 13.2 Å². The molecular weight excluding hydrogens is 253 g/mol. The molecule has 1 unspecified atom stereocenters. The average molecular weight is 278 g/mol. The molecule has 0 aromatic carbocycles. The van der Waals surface area contributed by atoms with E-state index in [1.165, 1.54) is 25.9 Å². The summed E-state index contributed by atoms with van der Waals surface area (Å²) in [4.78, 5) is 2.47. The van der Waals surface area contributed by atoms with Gasteiger partial charge < -0.3 is 5.32 Å². The highest BCUT2D eigenvalue weighted by molar-refractivity contribution is 4.82. The Bertz CT molecular complexity index is 266. The zero-order valence-corrected chi connectivity index (χ0v) is 11.7. The highest BCUT2D eigenvalue weighted by atomic mass is 19.4. The minimum Gasteiger partial charge on any atom is -0.312 e. The van der Waals surface area contributed by atoms with Crippen molar-refractivity contribution >= 4 is 0 Å². The molecule has 2 nitrogen and oxygen atoms in total. The lowest BCUT2D eigenvalue weighted by molar-refractivity contribution is -0.182. The minimum atomic E-state index is -3.99. The van der Waals surface area contributed by atoms with E-state index in [0.29, 0.717) is 31.7 Å². The molecule has 1 atom stereocenters. The normalized spacial score (nSPS) is 31.6. The van der Waals surface area contributed by atoms with Crippen LogP contribution in [0.25, 0.3) is 0 Å². The Hall–Kier alpha value is -0.290. The van der Waals surface area contributed by atoms with Crippen LogP contribution in [0.1, 0.15) is 45.4 Å². The van der Waals surface area contributed by atoms with E-state index >= 15 is 0 Å². The van der Waals surface area contributed by atoms with Crippen LogP contribution >= 0.6 is 0 Å². The Balaban J connectivity index is 1.65. The van der Waals surface area contributed by atoms with Gasteiger partial charge in [-0.1, -0.05) is 0 Å². The highest BCUT2D eigenvalue weighted by Gasteiger charge is 2.41. The Morgan fingerprint density at radius 3 is 2.21 bits per heavy atom. The second-order valence-corrected chi connectivity index (χ2v) is 6.09. The Labute approximate surface area is 113 Å². The quantitative estimate of drug-likeness (QED) is 0.849. The van der Waals surface area contributed by atoms with E-state index < -0.39 is 12.1 Å². The molecule has 19 heavy (non-hydrogen) atoms. The number of hydrogen-bond donors (Lipinski definition) is 1. The Morgan fingerprint density at radius 1 is 1.11 bits per heavy atom. The fraction of sp³-hybridized carbons (Fsp3) is 1.00. The molecule has 2 fully saturated rings. The monoisotopic (exact) mass is 278 g/mol. The van der Waals surface area contributed by atoms with Gasteiger partial charge in [-0.2, -0.15) is 13.2 Å². The van der Waals surface area contributed by atoms with Gasteiger partial charge in [-0.25, -0.2) is 0 Å². The second kappa shape index (κ2) is 6.44. The Kier molecular flexibility index (Phi) is 5.12. The van der Waals surface area contributed by atoms with Crippen LogP contribution in [0.4, 0.5) is 13.2 Å². The fourth-order valence-corrected chi connectivity index (χ4v) is 3.27. The summed E-state index contributed by atoms with van der Waals surface area (Å²) in [6.45, 7) is 5.45. The maximum absolute atomic E-state index is 12.6. The summed E-state index contributed by atoms with van der Waals surface area (Å²) in [5.41, 5.74) is 0. The van der Waals surface area contributed by atoms with Gasteiger partial charge in [-0.05, 0) is 58.5 Å². The lowest BCUT2D eigenvalue weighted by Gasteiger charge is -2.32. The SMILES string of the molecule is CC(CNC1CCC(C(F)(F)F)CC1)N1CCCC1.